The summed E-state index contributed by atoms with van der Waals surface area (Å²) in [5.41, 5.74) is 5.30. The van der Waals surface area contributed by atoms with Crippen molar-refractivity contribution in [1.29, 1.82) is 0 Å². The monoisotopic (exact) mass is 289 g/mol. The van der Waals surface area contributed by atoms with E-state index in [9.17, 15) is 13.2 Å². The first-order valence-corrected chi connectivity index (χ1v) is 6.21. The van der Waals surface area contributed by atoms with Gasteiger partial charge in [0.15, 0.2) is 5.84 Å². The highest BCUT2D eigenvalue weighted by Crippen LogP contribution is 2.29. The lowest BCUT2D eigenvalue weighted by atomic mass is 10.1. The van der Waals surface area contributed by atoms with Gasteiger partial charge in [-0.05, 0) is 24.6 Å². The molecule has 0 atom stereocenters. The topological polar surface area (TPSA) is 61.8 Å². The number of amidine groups is 1. The van der Waals surface area contributed by atoms with Crippen LogP contribution in [0.1, 0.15) is 24.5 Å². The predicted octanol–water partition coefficient (Wildman–Crippen LogP) is 2.66. The largest absolute Gasteiger partial charge is 0.416 e. The average molecular weight is 289 g/mol. The maximum Gasteiger partial charge on any atom is 0.416 e. The summed E-state index contributed by atoms with van der Waals surface area (Å²) in [6, 6.07) is 5.17. The number of halogens is 3. The second-order valence-corrected chi connectivity index (χ2v) is 4.50. The quantitative estimate of drug-likeness (QED) is 0.366. The first-order chi connectivity index (χ1) is 9.36. The molecule has 0 aliphatic heterocycles. The fourth-order valence-electron chi connectivity index (χ4n) is 1.90. The minimum atomic E-state index is -4.35. The van der Waals surface area contributed by atoms with Gasteiger partial charge in [-0.25, -0.2) is 0 Å². The van der Waals surface area contributed by atoms with Crippen LogP contribution >= 0.6 is 0 Å². The molecule has 0 aliphatic carbocycles. The molecular formula is C13H18F3N3O. The number of rotatable bonds is 6. The second-order valence-electron chi connectivity index (χ2n) is 4.50. The molecule has 0 unspecified atom stereocenters. The van der Waals surface area contributed by atoms with Crippen LogP contribution in [0.3, 0.4) is 0 Å². The summed E-state index contributed by atoms with van der Waals surface area (Å²) in [6.45, 7) is 3.12. The molecule has 0 fully saturated rings. The number of alkyl halides is 3. The normalized spacial score (nSPS) is 12.9. The predicted molar refractivity (Wildman–Crippen MR) is 70.4 cm³/mol. The summed E-state index contributed by atoms with van der Waals surface area (Å²) in [5.74, 6) is 0.0328. The highest BCUT2D eigenvalue weighted by atomic mass is 19.4. The number of nitrogens with zero attached hydrogens (tertiary/aromatic N) is 2. The van der Waals surface area contributed by atoms with Crippen LogP contribution in [0.2, 0.25) is 0 Å². The molecule has 1 aromatic carbocycles. The standard InChI is InChI=1S/C13H18F3N3O/c1-2-6-19(9-12(17)18-20)8-10-4-3-5-11(7-10)13(14,15)16/h3-5,7,20H,2,6,8-9H2,1H3,(H2,17,18). The van der Waals surface area contributed by atoms with Gasteiger partial charge < -0.3 is 10.9 Å². The van der Waals surface area contributed by atoms with Crippen LogP contribution in [-0.4, -0.2) is 29.0 Å². The molecule has 0 amide bonds. The molecule has 0 bridgehead atoms. The van der Waals surface area contributed by atoms with E-state index in [1.807, 2.05) is 11.8 Å². The number of benzene rings is 1. The van der Waals surface area contributed by atoms with E-state index in [1.165, 1.54) is 6.07 Å². The Morgan fingerprint density at radius 2 is 2.10 bits per heavy atom. The van der Waals surface area contributed by atoms with Gasteiger partial charge in [-0.1, -0.05) is 30.3 Å². The van der Waals surface area contributed by atoms with E-state index in [4.69, 9.17) is 10.9 Å². The number of nitrogens with two attached hydrogens (primary N) is 1. The lowest BCUT2D eigenvalue weighted by Crippen LogP contribution is -2.34. The first-order valence-electron chi connectivity index (χ1n) is 6.21. The van der Waals surface area contributed by atoms with Crippen LogP contribution < -0.4 is 5.73 Å². The average Bonchev–Trinajstić information content (AvgIpc) is 2.38. The van der Waals surface area contributed by atoms with Crippen molar-refractivity contribution in [2.45, 2.75) is 26.1 Å². The zero-order chi connectivity index (χ0) is 15.2. The summed E-state index contributed by atoms with van der Waals surface area (Å²) in [4.78, 5) is 1.82. The molecule has 4 nitrogen and oxygen atoms in total. The first kappa shape index (κ1) is 16.3. The van der Waals surface area contributed by atoms with Crippen molar-refractivity contribution < 1.29 is 18.4 Å². The van der Waals surface area contributed by atoms with Crippen LogP contribution in [0.15, 0.2) is 29.4 Å². The highest BCUT2D eigenvalue weighted by molar-refractivity contribution is 5.81. The van der Waals surface area contributed by atoms with Crippen LogP contribution in [0, 0.1) is 0 Å². The van der Waals surface area contributed by atoms with E-state index < -0.39 is 11.7 Å². The van der Waals surface area contributed by atoms with E-state index in [0.717, 1.165) is 18.6 Å². The van der Waals surface area contributed by atoms with Crippen molar-refractivity contribution in [3.63, 3.8) is 0 Å². The minimum absolute atomic E-state index is 0.0328. The molecular weight excluding hydrogens is 271 g/mol. The number of oxime groups is 1. The van der Waals surface area contributed by atoms with E-state index in [2.05, 4.69) is 5.16 Å². The lowest BCUT2D eigenvalue weighted by molar-refractivity contribution is -0.137. The van der Waals surface area contributed by atoms with Gasteiger partial charge in [0.2, 0.25) is 0 Å². The fraction of sp³-hybridized carbons (Fsp3) is 0.462. The molecule has 0 spiro atoms. The molecule has 7 heteroatoms. The fourth-order valence-corrected chi connectivity index (χ4v) is 1.90. The van der Waals surface area contributed by atoms with Crippen molar-refractivity contribution in [3.8, 4) is 0 Å². The van der Waals surface area contributed by atoms with E-state index in [1.54, 1.807) is 6.07 Å². The molecule has 0 aliphatic rings. The van der Waals surface area contributed by atoms with Crippen molar-refractivity contribution in [1.82, 2.24) is 4.90 Å². The van der Waals surface area contributed by atoms with Gasteiger partial charge in [0.1, 0.15) is 0 Å². The Bertz CT molecular complexity index is 460. The molecule has 112 valence electrons. The van der Waals surface area contributed by atoms with Crippen molar-refractivity contribution in [3.05, 3.63) is 35.4 Å². The molecule has 0 aromatic heterocycles. The maximum atomic E-state index is 12.6. The SMILES string of the molecule is CCCN(CC(N)=NO)Cc1cccc(C(F)(F)F)c1. The molecule has 20 heavy (non-hydrogen) atoms. The van der Waals surface area contributed by atoms with E-state index in [0.29, 0.717) is 18.7 Å². The Morgan fingerprint density at radius 1 is 1.40 bits per heavy atom. The Balaban J connectivity index is 2.83. The van der Waals surface area contributed by atoms with Crippen LogP contribution in [-0.2, 0) is 12.7 Å². The Hall–Kier alpha value is -1.76. The lowest BCUT2D eigenvalue weighted by Gasteiger charge is -2.21. The molecule has 1 rings (SSSR count). The van der Waals surface area contributed by atoms with Crippen LogP contribution in [0.25, 0.3) is 0 Å². The third-order valence-corrected chi connectivity index (χ3v) is 2.71. The highest BCUT2D eigenvalue weighted by Gasteiger charge is 2.30. The summed E-state index contributed by atoms with van der Waals surface area (Å²) in [5, 5.41) is 11.4. The number of hydrogen-bond acceptors (Lipinski definition) is 3. The van der Waals surface area contributed by atoms with Crippen LogP contribution in [0.4, 0.5) is 13.2 Å². The van der Waals surface area contributed by atoms with Gasteiger partial charge in [-0.15, -0.1) is 0 Å². The summed E-state index contributed by atoms with van der Waals surface area (Å²) in [6.07, 6.45) is -3.53. The second kappa shape index (κ2) is 7.14. The van der Waals surface area contributed by atoms with Gasteiger partial charge >= 0.3 is 6.18 Å². The third-order valence-electron chi connectivity index (χ3n) is 2.71. The Labute approximate surface area is 115 Å². The third kappa shape index (κ3) is 5.08. The molecule has 0 saturated carbocycles. The zero-order valence-corrected chi connectivity index (χ0v) is 11.2. The van der Waals surface area contributed by atoms with Crippen molar-refractivity contribution in [2.24, 2.45) is 10.9 Å². The van der Waals surface area contributed by atoms with Crippen LogP contribution in [0.5, 0.6) is 0 Å². The molecule has 0 heterocycles. The molecule has 3 N–H and O–H groups in total. The van der Waals surface area contributed by atoms with Gasteiger partial charge in [0.25, 0.3) is 0 Å². The van der Waals surface area contributed by atoms with Crippen molar-refractivity contribution in [2.75, 3.05) is 13.1 Å². The summed E-state index contributed by atoms with van der Waals surface area (Å²) >= 11 is 0. The minimum Gasteiger partial charge on any atom is -0.409 e. The molecule has 1 aromatic rings. The summed E-state index contributed by atoms with van der Waals surface area (Å²) < 4.78 is 37.9. The summed E-state index contributed by atoms with van der Waals surface area (Å²) in [7, 11) is 0. The van der Waals surface area contributed by atoms with Gasteiger partial charge in [-0.3, -0.25) is 4.90 Å². The Morgan fingerprint density at radius 3 is 2.65 bits per heavy atom. The maximum absolute atomic E-state index is 12.6. The molecule has 0 radical (unpaired) electrons. The smallest absolute Gasteiger partial charge is 0.409 e. The number of hydrogen-bond donors (Lipinski definition) is 2. The molecule has 0 saturated heterocycles. The van der Waals surface area contributed by atoms with Gasteiger partial charge in [0.05, 0.1) is 12.1 Å². The van der Waals surface area contributed by atoms with E-state index >= 15 is 0 Å². The Kier molecular flexibility index (Phi) is 5.82. The zero-order valence-electron chi connectivity index (χ0n) is 11.2. The van der Waals surface area contributed by atoms with Gasteiger partial charge in [0, 0.05) is 6.54 Å². The van der Waals surface area contributed by atoms with Gasteiger partial charge in [-0.2, -0.15) is 13.2 Å². The van der Waals surface area contributed by atoms with Crippen molar-refractivity contribution >= 4 is 5.84 Å². The van der Waals surface area contributed by atoms with E-state index in [-0.39, 0.29) is 12.4 Å².